The summed E-state index contributed by atoms with van der Waals surface area (Å²) in [6.45, 7) is 2.45. The average molecular weight is 294 g/mol. The minimum absolute atomic E-state index is 0.240. The molecule has 0 aliphatic heterocycles. The molecule has 108 valence electrons. The molecule has 0 aliphatic rings. The molecule has 1 aromatic carbocycles. The van der Waals surface area contributed by atoms with Gasteiger partial charge in [0.15, 0.2) is 0 Å². The molecule has 7 heteroatoms. The Bertz CT molecular complexity index is 707. The maximum atomic E-state index is 11.9. The lowest BCUT2D eigenvalue weighted by Gasteiger charge is -2.11. The summed E-state index contributed by atoms with van der Waals surface area (Å²) < 4.78 is 27.9. The molecule has 0 fully saturated rings. The van der Waals surface area contributed by atoms with Crippen LogP contribution in [-0.4, -0.2) is 25.2 Å². The highest BCUT2D eigenvalue weighted by Gasteiger charge is 2.16. The van der Waals surface area contributed by atoms with Gasteiger partial charge in [-0.05, 0) is 26.1 Å². The van der Waals surface area contributed by atoms with Gasteiger partial charge in [0.2, 0.25) is 10.0 Å². The monoisotopic (exact) mass is 294 g/mol. The molecule has 0 spiro atoms. The van der Waals surface area contributed by atoms with Gasteiger partial charge in [0, 0.05) is 25.4 Å². The van der Waals surface area contributed by atoms with Crippen LogP contribution in [0.3, 0.4) is 0 Å². The van der Waals surface area contributed by atoms with Crippen LogP contribution in [0.1, 0.15) is 11.3 Å². The maximum Gasteiger partial charge on any atom is 0.242 e. The van der Waals surface area contributed by atoms with E-state index in [4.69, 9.17) is 0 Å². The third kappa shape index (κ3) is 3.00. The van der Waals surface area contributed by atoms with Crippen molar-refractivity contribution in [2.45, 2.75) is 18.4 Å². The Morgan fingerprint density at radius 1 is 1.30 bits per heavy atom. The van der Waals surface area contributed by atoms with Crippen molar-refractivity contribution in [1.29, 1.82) is 0 Å². The zero-order valence-electron chi connectivity index (χ0n) is 11.7. The number of aryl methyl sites for hydroxylation is 2. The summed E-state index contributed by atoms with van der Waals surface area (Å²) in [6.07, 6.45) is 1.91. The molecule has 6 nitrogen and oxygen atoms in total. The fourth-order valence-electron chi connectivity index (χ4n) is 1.97. The maximum absolute atomic E-state index is 11.9. The van der Waals surface area contributed by atoms with Crippen molar-refractivity contribution in [2.24, 2.45) is 7.05 Å². The van der Waals surface area contributed by atoms with Crippen LogP contribution in [0.25, 0.3) is 0 Å². The van der Waals surface area contributed by atoms with Crippen molar-refractivity contribution >= 4 is 15.7 Å². The second-order valence-corrected chi connectivity index (χ2v) is 6.33. The first-order valence-corrected chi connectivity index (χ1v) is 7.68. The molecular formula is C13H18N4O2S. The van der Waals surface area contributed by atoms with Gasteiger partial charge >= 0.3 is 0 Å². The van der Waals surface area contributed by atoms with Crippen LogP contribution in [0, 0.1) is 6.92 Å². The number of hydrogen-bond acceptors (Lipinski definition) is 4. The zero-order valence-corrected chi connectivity index (χ0v) is 12.5. The molecule has 0 radical (unpaired) electrons. The number of sulfonamides is 1. The van der Waals surface area contributed by atoms with Crippen molar-refractivity contribution in [3.05, 3.63) is 41.7 Å². The summed E-state index contributed by atoms with van der Waals surface area (Å²) in [5.74, 6) is 0. The minimum Gasteiger partial charge on any atom is -0.380 e. The fraction of sp³-hybridized carbons (Fsp3) is 0.308. The molecule has 1 aromatic heterocycles. The molecule has 20 heavy (non-hydrogen) atoms. The van der Waals surface area contributed by atoms with E-state index in [1.807, 2.05) is 20.2 Å². The highest BCUT2D eigenvalue weighted by atomic mass is 32.2. The highest BCUT2D eigenvalue weighted by molar-refractivity contribution is 7.89. The summed E-state index contributed by atoms with van der Waals surface area (Å²) in [6, 6.07) is 6.82. The van der Waals surface area contributed by atoms with Crippen LogP contribution in [-0.2, 0) is 23.6 Å². The largest absolute Gasteiger partial charge is 0.380 e. The average Bonchev–Trinajstić information content (AvgIpc) is 2.75. The SMILES string of the molecule is CNS(=O)(=O)c1ccccc1NCc1cn(C)nc1C. The van der Waals surface area contributed by atoms with E-state index in [9.17, 15) is 8.42 Å². The molecule has 2 N–H and O–H groups in total. The van der Waals surface area contributed by atoms with Crippen LogP contribution < -0.4 is 10.0 Å². The predicted molar refractivity (Wildman–Crippen MR) is 78.0 cm³/mol. The van der Waals surface area contributed by atoms with E-state index >= 15 is 0 Å². The van der Waals surface area contributed by atoms with E-state index in [2.05, 4.69) is 15.1 Å². The van der Waals surface area contributed by atoms with Gasteiger partial charge in [-0.1, -0.05) is 12.1 Å². The quantitative estimate of drug-likeness (QED) is 0.870. The Kier molecular flexibility index (Phi) is 4.10. The first-order chi connectivity index (χ1) is 9.44. The third-order valence-corrected chi connectivity index (χ3v) is 4.50. The Labute approximate surface area is 118 Å². The molecule has 0 bridgehead atoms. The van der Waals surface area contributed by atoms with Gasteiger partial charge in [0.05, 0.1) is 11.4 Å². The highest BCUT2D eigenvalue weighted by Crippen LogP contribution is 2.21. The van der Waals surface area contributed by atoms with E-state index in [1.165, 1.54) is 7.05 Å². The first-order valence-electron chi connectivity index (χ1n) is 6.19. The zero-order chi connectivity index (χ0) is 14.8. The van der Waals surface area contributed by atoms with Crippen LogP contribution >= 0.6 is 0 Å². The van der Waals surface area contributed by atoms with Gasteiger partial charge in [-0.25, -0.2) is 13.1 Å². The number of nitrogens with one attached hydrogen (secondary N) is 2. The topological polar surface area (TPSA) is 76.0 Å². The van der Waals surface area contributed by atoms with E-state index in [1.54, 1.807) is 28.9 Å². The third-order valence-electron chi connectivity index (χ3n) is 3.03. The molecule has 0 unspecified atom stereocenters. The van der Waals surface area contributed by atoms with E-state index in [0.717, 1.165) is 11.3 Å². The van der Waals surface area contributed by atoms with Gasteiger partial charge < -0.3 is 5.32 Å². The van der Waals surface area contributed by atoms with Crippen LogP contribution in [0.15, 0.2) is 35.4 Å². The number of benzene rings is 1. The molecule has 0 amide bonds. The van der Waals surface area contributed by atoms with Crippen molar-refractivity contribution in [3.63, 3.8) is 0 Å². The lowest BCUT2D eigenvalue weighted by Crippen LogP contribution is -2.20. The number of hydrogen-bond donors (Lipinski definition) is 2. The normalized spacial score (nSPS) is 11.6. The standard InChI is InChI=1S/C13H18N4O2S/c1-10-11(9-17(3)16-10)8-15-12-6-4-5-7-13(12)20(18,19)14-2/h4-7,9,14-15H,8H2,1-3H3. The number of rotatable bonds is 5. The summed E-state index contributed by atoms with van der Waals surface area (Å²) >= 11 is 0. The second-order valence-electron chi connectivity index (χ2n) is 4.47. The minimum atomic E-state index is -3.47. The van der Waals surface area contributed by atoms with Crippen LogP contribution in [0.2, 0.25) is 0 Å². The lowest BCUT2D eigenvalue weighted by atomic mass is 10.2. The Hall–Kier alpha value is -1.86. The van der Waals surface area contributed by atoms with Crippen molar-refractivity contribution in [2.75, 3.05) is 12.4 Å². The van der Waals surface area contributed by atoms with Crippen LogP contribution in [0.4, 0.5) is 5.69 Å². The predicted octanol–water partition coefficient (Wildman–Crippen LogP) is 1.25. The summed E-state index contributed by atoms with van der Waals surface area (Å²) in [7, 11) is -0.214. The molecule has 0 saturated heterocycles. The number of aromatic nitrogens is 2. The van der Waals surface area contributed by atoms with Crippen molar-refractivity contribution in [1.82, 2.24) is 14.5 Å². The van der Waals surface area contributed by atoms with Gasteiger partial charge in [-0.3, -0.25) is 4.68 Å². The van der Waals surface area contributed by atoms with Gasteiger partial charge in [-0.2, -0.15) is 5.10 Å². The smallest absolute Gasteiger partial charge is 0.242 e. The molecule has 1 heterocycles. The van der Waals surface area contributed by atoms with E-state index in [-0.39, 0.29) is 4.90 Å². The number of para-hydroxylation sites is 1. The Balaban J connectivity index is 2.25. The number of nitrogens with zero attached hydrogens (tertiary/aromatic N) is 2. The molecule has 2 aromatic rings. The second kappa shape index (κ2) is 5.64. The molecule has 0 saturated carbocycles. The summed E-state index contributed by atoms with van der Waals surface area (Å²) in [4.78, 5) is 0.240. The van der Waals surface area contributed by atoms with Gasteiger partial charge in [-0.15, -0.1) is 0 Å². The van der Waals surface area contributed by atoms with Crippen LogP contribution in [0.5, 0.6) is 0 Å². The van der Waals surface area contributed by atoms with Gasteiger partial charge in [0.25, 0.3) is 0 Å². The molecule has 2 rings (SSSR count). The lowest BCUT2D eigenvalue weighted by molar-refractivity contribution is 0.588. The fourth-order valence-corrected chi connectivity index (χ4v) is 2.88. The Morgan fingerprint density at radius 2 is 2.00 bits per heavy atom. The Morgan fingerprint density at radius 3 is 2.60 bits per heavy atom. The molecular weight excluding hydrogens is 276 g/mol. The van der Waals surface area contributed by atoms with E-state index < -0.39 is 10.0 Å². The van der Waals surface area contributed by atoms with E-state index in [0.29, 0.717) is 12.2 Å². The van der Waals surface area contributed by atoms with Crippen molar-refractivity contribution in [3.8, 4) is 0 Å². The van der Waals surface area contributed by atoms with Crippen molar-refractivity contribution < 1.29 is 8.42 Å². The summed E-state index contributed by atoms with van der Waals surface area (Å²) in [5, 5.41) is 7.41. The summed E-state index contributed by atoms with van der Waals surface area (Å²) in [5.41, 5.74) is 2.53. The molecule has 0 atom stereocenters. The van der Waals surface area contributed by atoms with Gasteiger partial charge in [0.1, 0.15) is 4.90 Å². The molecule has 0 aliphatic carbocycles. The number of anilines is 1. The first kappa shape index (κ1) is 14.5.